The molecule has 18 nitrogen and oxygen atoms in total. The number of hydrogen-bond acceptors (Lipinski definition) is 12. The zero-order valence-corrected chi connectivity index (χ0v) is 27.8. The van der Waals surface area contributed by atoms with Crippen LogP contribution < -0.4 is 21.3 Å². The van der Waals surface area contributed by atoms with Crippen LogP contribution >= 0.6 is 0 Å². The number of nitrogens with zero attached hydrogens (tertiary/aromatic N) is 3. The summed E-state index contributed by atoms with van der Waals surface area (Å²) in [6.45, 7) is -1.34. The van der Waals surface area contributed by atoms with Gasteiger partial charge in [0.25, 0.3) is 17.1 Å². The molecule has 0 unspecified atom stereocenters. The minimum absolute atomic E-state index is 0.00757. The van der Waals surface area contributed by atoms with Crippen molar-refractivity contribution in [3.63, 3.8) is 0 Å². The molecule has 2 atom stereocenters. The molecule has 53 heavy (non-hydrogen) atoms. The lowest BCUT2D eigenvalue weighted by molar-refractivity contribution is -0.393. The fourth-order valence-electron chi connectivity index (χ4n) is 4.94. The molecule has 0 aliphatic heterocycles. The Bertz CT molecular complexity index is 1960. The average Bonchev–Trinajstić information content (AvgIpc) is 3.15. The van der Waals surface area contributed by atoms with E-state index in [-0.39, 0.29) is 30.8 Å². The minimum Gasteiger partial charge on any atom is -0.459 e. The second kappa shape index (κ2) is 18.7. The van der Waals surface area contributed by atoms with E-state index >= 15 is 0 Å². The number of hydrogen-bond donors (Lipinski definition) is 4. The third kappa shape index (κ3) is 11.9. The number of carbonyl (C=O) groups excluding carboxylic acids is 4. The van der Waals surface area contributed by atoms with Crippen molar-refractivity contribution in [1.29, 1.82) is 0 Å². The topological polar surface area (TPSA) is 255 Å². The molecule has 0 saturated heterocycles. The number of carbonyl (C=O) groups is 4. The van der Waals surface area contributed by atoms with Gasteiger partial charge in [-0.1, -0.05) is 60.7 Å². The van der Waals surface area contributed by atoms with Gasteiger partial charge in [0.1, 0.15) is 24.4 Å². The Labute approximate surface area is 301 Å². The van der Waals surface area contributed by atoms with E-state index in [0.717, 1.165) is 18.2 Å². The fraction of sp³-hybridized carbons (Fsp3) is 0.200. The third-order valence-corrected chi connectivity index (χ3v) is 7.62. The average molecular weight is 728 g/mol. The summed E-state index contributed by atoms with van der Waals surface area (Å²) >= 11 is 0. The van der Waals surface area contributed by atoms with Crippen molar-refractivity contribution >= 4 is 46.4 Å². The van der Waals surface area contributed by atoms with E-state index in [1.54, 1.807) is 60.7 Å². The standard InChI is InChI=1S/C35H33N7O11/c43-32(20-36-28-16-15-27(41(49)50)19-31(28)42(51)52)37-21-33(44)38-29(17-23-7-3-1-4-8-23)34(45)39-30(18-24-9-5-2-6-10-24)35(46)53-22-25-11-13-26(14-12-25)40(47)48/h1-16,19,29-30,36H,17-18,20-22H2,(H,37,43)(H,38,44)(H,39,45)/t29-,30-/m1/s1. The predicted octanol–water partition coefficient (Wildman–Crippen LogP) is 3.14. The lowest BCUT2D eigenvalue weighted by atomic mass is 10.0. The zero-order valence-electron chi connectivity index (χ0n) is 27.8. The molecule has 18 heteroatoms. The predicted molar refractivity (Wildman–Crippen MR) is 188 cm³/mol. The third-order valence-electron chi connectivity index (χ3n) is 7.62. The van der Waals surface area contributed by atoms with Crippen LogP contribution in [0.3, 0.4) is 0 Å². The first-order valence-electron chi connectivity index (χ1n) is 15.9. The van der Waals surface area contributed by atoms with Crippen LogP contribution in [0.15, 0.2) is 103 Å². The van der Waals surface area contributed by atoms with E-state index in [2.05, 4.69) is 21.3 Å². The summed E-state index contributed by atoms with van der Waals surface area (Å²) in [7, 11) is 0. The highest BCUT2D eigenvalue weighted by molar-refractivity contribution is 5.93. The number of ether oxygens (including phenoxy) is 1. The molecular weight excluding hydrogens is 694 g/mol. The van der Waals surface area contributed by atoms with Crippen molar-refractivity contribution in [2.24, 2.45) is 0 Å². The molecular formula is C35H33N7O11. The monoisotopic (exact) mass is 727 g/mol. The van der Waals surface area contributed by atoms with Gasteiger partial charge in [0.2, 0.25) is 17.7 Å². The summed E-state index contributed by atoms with van der Waals surface area (Å²) in [6.07, 6.45) is 0.0429. The second-order valence-electron chi connectivity index (χ2n) is 11.4. The summed E-state index contributed by atoms with van der Waals surface area (Å²) in [5, 5.41) is 43.4. The van der Waals surface area contributed by atoms with Gasteiger partial charge in [0.05, 0.1) is 33.9 Å². The summed E-state index contributed by atoms with van der Waals surface area (Å²) < 4.78 is 5.47. The van der Waals surface area contributed by atoms with E-state index in [0.29, 0.717) is 16.7 Å². The number of benzene rings is 4. The van der Waals surface area contributed by atoms with Crippen LogP contribution in [0.4, 0.5) is 22.7 Å². The van der Waals surface area contributed by atoms with Crippen molar-refractivity contribution in [3.05, 3.63) is 150 Å². The maximum absolute atomic E-state index is 13.7. The summed E-state index contributed by atoms with van der Waals surface area (Å²) in [5.74, 6) is -3.04. The first kappa shape index (κ1) is 38.6. The molecule has 0 radical (unpaired) electrons. The van der Waals surface area contributed by atoms with Crippen molar-refractivity contribution in [2.75, 3.05) is 18.4 Å². The van der Waals surface area contributed by atoms with Crippen LogP contribution in [0.5, 0.6) is 0 Å². The summed E-state index contributed by atoms with van der Waals surface area (Å²) in [4.78, 5) is 83.7. The van der Waals surface area contributed by atoms with Gasteiger partial charge in [-0.3, -0.25) is 44.7 Å². The first-order valence-corrected chi connectivity index (χ1v) is 15.9. The highest BCUT2D eigenvalue weighted by Crippen LogP contribution is 2.28. The Morgan fingerprint density at radius 3 is 1.74 bits per heavy atom. The number of non-ortho nitro benzene ring substituents is 2. The number of nitro groups is 3. The first-order chi connectivity index (χ1) is 25.4. The molecule has 4 rings (SSSR count). The Kier molecular flexibility index (Phi) is 13.6. The molecule has 0 spiro atoms. The lowest BCUT2D eigenvalue weighted by Gasteiger charge is -2.23. The summed E-state index contributed by atoms with van der Waals surface area (Å²) in [6, 6.07) is 23.4. The van der Waals surface area contributed by atoms with Gasteiger partial charge >= 0.3 is 5.97 Å². The molecule has 0 heterocycles. The van der Waals surface area contributed by atoms with Gasteiger partial charge in [-0.15, -0.1) is 0 Å². The van der Waals surface area contributed by atoms with Gasteiger partial charge in [0.15, 0.2) is 0 Å². The molecule has 0 fully saturated rings. The Hall–Kier alpha value is -7.24. The van der Waals surface area contributed by atoms with Crippen LogP contribution in [0.25, 0.3) is 0 Å². The molecule has 0 aliphatic rings. The van der Waals surface area contributed by atoms with Gasteiger partial charge < -0.3 is 26.0 Å². The van der Waals surface area contributed by atoms with Gasteiger partial charge in [-0.2, -0.15) is 0 Å². The second-order valence-corrected chi connectivity index (χ2v) is 11.4. The fourth-order valence-corrected chi connectivity index (χ4v) is 4.94. The lowest BCUT2D eigenvalue weighted by Crippen LogP contribution is -2.54. The molecule has 3 amide bonds. The Balaban J connectivity index is 1.41. The smallest absolute Gasteiger partial charge is 0.329 e. The Morgan fingerprint density at radius 2 is 1.17 bits per heavy atom. The van der Waals surface area contributed by atoms with Crippen LogP contribution in [0.1, 0.15) is 16.7 Å². The highest BCUT2D eigenvalue weighted by Gasteiger charge is 2.29. The van der Waals surface area contributed by atoms with Crippen molar-refractivity contribution in [3.8, 4) is 0 Å². The van der Waals surface area contributed by atoms with E-state index in [4.69, 9.17) is 4.74 Å². The SMILES string of the molecule is O=C(CNc1ccc([N+](=O)[O-])cc1[N+](=O)[O-])NCC(=O)N[C@H](Cc1ccccc1)C(=O)N[C@H](Cc1ccccc1)C(=O)OCc1ccc([N+](=O)[O-])cc1. The molecule has 4 N–H and O–H groups in total. The Morgan fingerprint density at radius 1 is 0.604 bits per heavy atom. The molecule has 0 aliphatic carbocycles. The van der Waals surface area contributed by atoms with Gasteiger partial charge in [-0.25, -0.2) is 4.79 Å². The normalized spacial score (nSPS) is 11.6. The van der Waals surface area contributed by atoms with Crippen molar-refractivity contribution in [1.82, 2.24) is 16.0 Å². The zero-order chi connectivity index (χ0) is 38.3. The van der Waals surface area contributed by atoms with Crippen LogP contribution in [0, 0.1) is 30.3 Å². The van der Waals surface area contributed by atoms with Crippen LogP contribution in [-0.2, 0) is 43.4 Å². The molecule has 0 aromatic heterocycles. The number of esters is 1. The number of rotatable bonds is 18. The largest absolute Gasteiger partial charge is 0.459 e. The summed E-state index contributed by atoms with van der Waals surface area (Å²) in [5.41, 5.74) is 0.423. The number of nitrogens with one attached hydrogen (secondary N) is 4. The van der Waals surface area contributed by atoms with Gasteiger partial charge in [0, 0.05) is 31.0 Å². The molecule has 0 saturated carbocycles. The van der Waals surface area contributed by atoms with E-state index in [1.165, 1.54) is 24.3 Å². The minimum atomic E-state index is -1.22. The highest BCUT2D eigenvalue weighted by atomic mass is 16.6. The van der Waals surface area contributed by atoms with Gasteiger partial charge in [-0.05, 0) is 34.9 Å². The number of anilines is 1. The van der Waals surface area contributed by atoms with Crippen molar-refractivity contribution < 1.29 is 38.7 Å². The van der Waals surface area contributed by atoms with E-state index < -0.39 is 75.0 Å². The molecule has 0 bridgehead atoms. The molecule has 274 valence electrons. The number of amides is 3. The van der Waals surface area contributed by atoms with E-state index in [9.17, 15) is 49.5 Å². The number of nitro benzene ring substituents is 3. The van der Waals surface area contributed by atoms with Crippen LogP contribution in [-0.4, -0.2) is 63.6 Å². The van der Waals surface area contributed by atoms with Crippen LogP contribution in [0.2, 0.25) is 0 Å². The maximum atomic E-state index is 13.7. The molecule has 4 aromatic carbocycles. The quantitative estimate of drug-likeness (QED) is 0.0655. The molecule has 4 aromatic rings. The van der Waals surface area contributed by atoms with Crippen molar-refractivity contribution in [2.45, 2.75) is 31.5 Å². The van der Waals surface area contributed by atoms with E-state index in [1.807, 2.05) is 0 Å². The maximum Gasteiger partial charge on any atom is 0.329 e.